The summed E-state index contributed by atoms with van der Waals surface area (Å²) in [6, 6.07) is 15.9. The quantitative estimate of drug-likeness (QED) is 0.738. The van der Waals surface area contributed by atoms with Crippen molar-refractivity contribution in [2.75, 3.05) is 6.54 Å². The fourth-order valence-electron chi connectivity index (χ4n) is 2.93. The van der Waals surface area contributed by atoms with E-state index in [1.807, 2.05) is 55.5 Å². The Morgan fingerprint density at radius 3 is 2.65 bits per heavy atom. The molecule has 1 N–H and O–H groups in total. The summed E-state index contributed by atoms with van der Waals surface area (Å²) in [6.45, 7) is 4.62. The molecule has 0 fully saturated rings. The van der Waals surface area contributed by atoms with Crippen LogP contribution in [-0.4, -0.2) is 28.1 Å². The highest BCUT2D eigenvalue weighted by molar-refractivity contribution is 5.92. The van der Waals surface area contributed by atoms with E-state index in [1.165, 1.54) is 10.2 Å². The van der Waals surface area contributed by atoms with Gasteiger partial charge >= 0.3 is 0 Å². The number of hydrogen-bond acceptors (Lipinski definition) is 3. The summed E-state index contributed by atoms with van der Waals surface area (Å²) in [7, 11) is 0. The van der Waals surface area contributed by atoms with Crippen molar-refractivity contribution in [3.05, 3.63) is 65.9 Å². The number of aryl methyl sites for hydroxylation is 1. The van der Waals surface area contributed by atoms with Crippen molar-refractivity contribution in [1.29, 1.82) is 0 Å². The van der Waals surface area contributed by atoms with Crippen LogP contribution in [0.25, 0.3) is 10.9 Å². The summed E-state index contributed by atoms with van der Waals surface area (Å²) < 4.78 is 1.38. The van der Waals surface area contributed by atoms with Crippen LogP contribution in [0.4, 0.5) is 0 Å². The maximum Gasteiger partial charge on any atom is 0.247 e. The van der Waals surface area contributed by atoms with Crippen LogP contribution in [0.1, 0.15) is 41.6 Å². The molecule has 134 valence electrons. The fraction of sp³-hybridized carbons (Fsp3) is 0.286. The molecule has 1 amide bonds. The van der Waals surface area contributed by atoms with Crippen LogP contribution in [-0.2, 0) is 4.79 Å². The Labute approximate surface area is 153 Å². The first kappa shape index (κ1) is 17.9. The van der Waals surface area contributed by atoms with E-state index < -0.39 is 0 Å². The minimum Gasteiger partial charge on any atom is -0.355 e. The van der Waals surface area contributed by atoms with Crippen molar-refractivity contribution in [3.8, 4) is 0 Å². The van der Waals surface area contributed by atoms with Gasteiger partial charge in [-0.25, -0.2) is 4.68 Å². The summed E-state index contributed by atoms with van der Waals surface area (Å²) in [6.07, 6.45) is 1.98. The maximum atomic E-state index is 12.4. The number of aromatic nitrogens is 2. The molecular formula is C21H23N3O2. The van der Waals surface area contributed by atoms with Gasteiger partial charge in [0.2, 0.25) is 11.8 Å². The third-order valence-corrected chi connectivity index (χ3v) is 4.50. The third kappa shape index (κ3) is 4.17. The Morgan fingerprint density at radius 1 is 1.12 bits per heavy atom. The largest absolute Gasteiger partial charge is 0.355 e. The van der Waals surface area contributed by atoms with Gasteiger partial charge in [0, 0.05) is 24.8 Å². The molecule has 3 rings (SSSR count). The van der Waals surface area contributed by atoms with Crippen molar-refractivity contribution in [1.82, 2.24) is 15.1 Å². The van der Waals surface area contributed by atoms with E-state index in [9.17, 15) is 9.59 Å². The predicted octanol–water partition coefficient (Wildman–Crippen LogP) is 3.69. The van der Waals surface area contributed by atoms with Gasteiger partial charge in [0.15, 0.2) is 0 Å². The van der Waals surface area contributed by atoms with Gasteiger partial charge in [-0.05, 0) is 30.5 Å². The van der Waals surface area contributed by atoms with Crippen LogP contribution in [0, 0.1) is 6.92 Å². The molecule has 5 nitrogen and oxygen atoms in total. The Balaban J connectivity index is 1.51. The summed E-state index contributed by atoms with van der Waals surface area (Å²) in [5, 5.41) is 8.00. The third-order valence-electron chi connectivity index (χ3n) is 4.50. The minimum absolute atomic E-state index is 0.117. The van der Waals surface area contributed by atoms with Gasteiger partial charge in [0.25, 0.3) is 0 Å². The molecule has 0 bridgehead atoms. The van der Waals surface area contributed by atoms with Gasteiger partial charge < -0.3 is 5.32 Å². The van der Waals surface area contributed by atoms with E-state index in [0.717, 1.165) is 16.5 Å². The van der Waals surface area contributed by atoms with Crippen molar-refractivity contribution >= 4 is 22.7 Å². The summed E-state index contributed by atoms with van der Waals surface area (Å²) in [5.41, 5.74) is 3.08. The smallest absolute Gasteiger partial charge is 0.247 e. The fourth-order valence-corrected chi connectivity index (χ4v) is 2.93. The standard InChI is InChI=1S/C21H23N3O2/c1-15-8-9-19-18(12-15)14-23-24(19)21(26)11-10-20(25)22-13-16(2)17-6-4-3-5-7-17/h3-9,12,14,16H,10-11,13H2,1-2H3,(H,22,25)/t16-/m0/s1. The van der Waals surface area contributed by atoms with Gasteiger partial charge in [-0.2, -0.15) is 5.10 Å². The van der Waals surface area contributed by atoms with E-state index in [0.29, 0.717) is 6.54 Å². The minimum atomic E-state index is -0.171. The SMILES string of the molecule is Cc1ccc2c(cnn2C(=O)CCC(=O)NC[C@H](C)c2ccccc2)c1. The van der Waals surface area contributed by atoms with Crippen molar-refractivity contribution in [2.24, 2.45) is 0 Å². The Hall–Kier alpha value is -2.95. The molecule has 0 saturated heterocycles. The zero-order chi connectivity index (χ0) is 18.5. The van der Waals surface area contributed by atoms with Crippen LogP contribution < -0.4 is 5.32 Å². The molecule has 5 heteroatoms. The van der Waals surface area contributed by atoms with Gasteiger partial charge in [-0.1, -0.05) is 48.9 Å². The Morgan fingerprint density at radius 2 is 1.88 bits per heavy atom. The molecule has 3 aromatic rings. The number of benzene rings is 2. The second kappa shape index (κ2) is 7.95. The number of carbonyl (C=O) groups is 2. The second-order valence-corrected chi connectivity index (χ2v) is 6.63. The summed E-state index contributed by atoms with van der Waals surface area (Å²) >= 11 is 0. The lowest BCUT2D eigenvalue weighted by Crippen LogP contribution is -2.28. The highest BCUT2D eigenvalue weighted by Gasteiger charge is 2.13. The van der Waals surface area contributed by atoms with Crippen LogP contribution in [0.2, 0.25) is 0 Å². The average molecular weight is 349 g/mol. The molecule has 0 unspecified atom stereocenters. The molecule has 26 heavy (non-hydrogen) atoms. The monoisotopic (exact) mass is 349 g/mol. The normalized spacial score (nSPS) is 12.1. The van der Waals surface area contributed by atoms with E-state index >= 15 is 0 Å². The number of amides is 1. The van der Waals surface area contributed by atoms with E-state index in [2.05, 4.69) is 17.3 Å². The Bertz CT molecular complexity index is 915. The number of rotatable bonds is 6. The number of carbonyl (C=O) groups excluding carboxylic acids is 2. The van der Waals surface area contributed by atoms with Crippen LogP contribution in [0.15, 0.2) is 54.7 Å². The van der Waals surface area contributed by atoms with E-state index in [4.69, 9.17) is 0 Å². The molecule has 0 aliphatic rings. The number of hydrogen-bond donors (Lipinski definition) is 1. The van der Waals surface area contributed by atoms with E-state index in [1.54, 1.807) is 6.20 Å². The molecule has 0 aliphatic carbocycles. The molecule has 0 spiro atoms. The first-order valence-electron chi connectivity index (χ1n) is 8.84. The average Bonchev–Trinajstić information content (AvgIpc) is 3.07. The lowest BCUT2D eigenvalue weighted by atomic mass is 10.0. The van der Waals surface area contributed by atoms with Crippen LogP contribution in [0.5, 0.6) is 0 Å². The maximum absolute atomic E-state index is 12.4. The van der Waals surface area contributed by atoms with Crippen LogP contribution in [0.3, 0.4) is 0 Å². The van der Waals surface area contributed by atoms with E-state index in [-0.39, 0.29) is 30.6 Å². The first-order chi connectivity index (χ1) is 12.5. The predicted molar refractivity (Wildman–Crippen MR) is 102 cm³/mol. The van der Waals surface area contributed by atoms with Crippen molar-refractivity contribution in [2.45, 2.75) is 32.6 Å². The lowest BCUT2D eigenvalue weighted by molar-refractivity contribution is -0.121. The second-order valence-electron chi connectivity index (χ2n) is 6.63. The molecular weight excluding hydrogens is 326 g/mol. The lowest BCUT2D eigenvalue weighted by Gasteiger charge is -2.13. The molecule has 0 radical (unpaired) electrons. The van der Waals surface area contributed by atoms with Crippen molar-refractivity contribution < 1.29 is 9.59 Å². The zero-order valence-electron chi connectivity index (χ0n) is 15.1. The molecule has 1 heterocycles. The van der Waals surface area contributed by atoms with Crippen molar-refractivity contribution in [3.63, 3.8) is 0 Å². The summed E-state index contributed by atoms with van der Waals surface area (Å²) in [4.78, 5) is 24.5. The summed E-state index contributed by atoms with van der Waals surface area (Å²) in [5.74, 6) is -0.0577. The highest BCUT2D eigenvalue weighted by Crippen LogP contribution is 2.16. The molecule has 0 aliphatic heterocycles. The molecule has 0 saturated carbocycles. The number of nitrogens with zero attached hydrogens (tertiary/aromatic N) is 2. The number of fused-ring (bicyclic) bond motifs is 1. The van der Waals surface area contributed by atoms with Gasteiger partial charge in [-0.15, -0.1) is 0 Å². The number of nitrogens with one attached hydrogen (secondary N) is 1. The highest BCUT2D eigenvalue weighted by atomic mass is 16.2. The first-order valence-corrected chi connectivity index (χ1v) is 8.84. The topological polar surface area (TPSA) is 64.0 Å². The van der Waals surface area contributed by atoms with Gasteiger partial charge in [0.1, 0.15) is 0 Å². The van der Waals surface area contributed by atoms with Crippen LogP contribution >= 0.6 is 0 Å². The molecule has 2 aromatic carbocycles. The molecule has 1 atom stereocenters. The zero-order valence-corrected chi connectivity index (χ0v) is 15.1. The molecule has 1 aromatic heterocycles. The van der Waals surface area contributed by atoms with Gasteiger partial charge in [0.05, 0.1) is 11.7 Å². The van der Waals surface area contributed by atoms with Gasteiger partial charge in [-0.3, -0.25) is 9.59 Å². The Kier molecular flexibility index (Phi) is 5.46.